The second-order valence-corrected chi connectivity index (χ2v) is 7.98. The van der Waals surface area contributed by atoms with E-state index in [1.165, 1.54) is 6.07 Å². The summed E-state index contributed by atoms with van der Waals surface area (Å²) in [7, 11) is 0. The Bertz CT molecular complexity index is 974. The number of ether oxygens (including phenoxy) is 1. The fourth-order valence-corrected chi connectivity index (χ4v) is 3.73. The molecule has 10 nitrogen and oxygen atoms in total. The zero-order chi connectivity index (χ0) is 24.3. The number of rotatable bonds is 11. The van der Waals surface area contributed by atoms with Crippen molar-refractivity contribution in [2.75, 3.05) is 61.4 Å². The van der Waals surface area contributed by atoms with Gasteiger partial charge in [-0.15, -0.1) is 0 Å². The van der Waals surface area contributed by atoms with E-state index in [2.05, 4.69) is 27.4 Å². The van der Waals surface area contributed by atoms with Crippen LogP contribution in [-0.2, 0) is 14.3 Å². The van der Waals surface area contributed by atoms with Gasteiger partial charge in [0.15, 0.2) is 6.61 Å². The minimum atomic E-state index is -0.499. The molecule has 0 aromatic heterocycles. The summed E-state index contributed by atoms with van der Waals surface area (Å²) in [6.45, 7) is 7.29. The van der Waals surface area contributed by atoms with Gasteiger partial charge in [-0.25, -0.2) is 0 Å². The maximum atomic E-state index is 12.1. The number of para-hydroxylation sites is 2. The standard InChI is InChI=1S/C24H31N5O5/c1-2-27-14-16-28(17-15-27)20-11-9-19(10-12-20)26-23(30)18-34-24(31)8-5-13-25-21-6-3-4-7-22(21)29(32)33/h3-4,6-7,9-12,25H,2,5,8,13-18H2,1H3,(H,26,30). The van der Waals surface area contributed by atoms with Crippen LogP contribution in [0.2, 0.25) is 0 Å². The maximum Gasteiger partial charge on any atom is 0.306 e. The molecule has 1 saturated heterocycles. The average Bonchev–Trinajstić information content (AvgIpc) is 2.86. The van der Waals surface area contributed by atoms with Gasteiger partial charge in [-0.1, -0.05) is 19.1 Å². The van der Waals surface area contributed by atoms with Crippen molar-refractivity contribution in [3.63, 3.8) is 0 Å². The Labute approximate surface area is 199 Å². The van der Waals surface area contributed by atoms with Gasteiger partial charge >= 0.3 is 5.97 Å². The summed E-state index contributed by atoms with van der Waals surface area (Å²) < 4.78 is 5.03. The Morgan fingerprint density at radius 3 is 2.44 bits per heavy atom. The number of amides is 1. The van der Waals surface area contributed by atoms with Gasteiger partial charge in [-0.3, -0.25) is 19.7 Å². The molecule has 1 aliphatic rings. The first-order chi connectivity index (χ1) is 16.5. The van der Waals surface area contributed by atoms with Crippen LogP contribution < -0.4 is 15.5 Å². The predicted octanol–water partition coefficient (Wildman–Crippen LogP) is 3.11. The molecule has 0 atom stereocenters. The molecule has 2 N–H and O–H groups in total. The molecular formula is C24H31N5O5. The van der Waals surface area contributed by atoms with Crippen molar-refractivity contribution in [1.82, 2.24) is 4.90 Å². The van der Waals surface area contributed by atoms with E-state index < -0.39 is 16.8 Å². The van der Waals surface area contributed by atoms with Gasteiger partial charge in [0.05, 0.1) is 4.92 Å². The predicted molar refractivity (Wildman–Crippen MR) is 131 cm³/mol. The van der Waals surface area contributed by atoms with Crippen LogP contribution in [0, 0.1) is 10.1 Å². The molecule has 182 valence electrons. The van der Waals surface area contributed by atoms with Crippen LogP contribution in [0.1, 0.15) is 19.8 Å². The van der Waals surface area contributed by atoms with Crippen molar-refractivity contribution in [2.24, 2.45) is 0 Å². The summed E-state index contributed by atoms with van der Waals surface area (Å²) >= 11 is 0. The number of hydrogen-bond donors (Lipinski definition) is 2. The van der Waals surface area contributed by atoms with E-state index in [-0.39, 0.29) is 18.7 Å². The molecular weight excluding hydrogens is 438 g/mol. The topological polar surface area (TPSA) is 117 Å². The average molecular weight is 470 g/mol. The van der Waals surface area contributed by atoms with Gasteiger partial charge < -0.3 is 25.2 Å². The van der Waals surface area contributed by atoms with Gasteiger partial charge in [-0.05, 0) is 43.3 Å². The first-order valence-corrected chi connectivity index (χ1v) is 11.5. The van der Waals surface area contributed by atoms with Crippen LogP contribution in [0.15, 0.2) is 48.5 Å². The molecule has 0 bridgehead atoms. The van der Waals surface area contributed by atoms with Gasteiger partial charge in [0, 0.05) is 56.6 Å². The van der Waals surface area contributed by atoms with E-state index in [1.807, 2.05) is 24.3 Å². The first kappa shape index (κ1) is 25.0. The third kappa shape index (κ3) is 7.45. The number of nitrogens with zero attached hydrogens (tertiary/aromatic N) is 3. The van der Waals surface area contributed by atoms with Crippen LogP contribution in [0.4, 0.5) is 22.7 Å². The summed E-state index contributed by atoms with van der Waals surface area (Å²) in [5.74, 6) is -0.906. The van der Waals surface area contributed by atoms with Gasteiger partial charge in [0.1, 0.15) is 5.69 Å². The van der Waals surface area contributed by atoms with Crippen molar-refractivity contribution < 1.29 is 19.2 Å². The molecule has 0 radical (unpaired) electrons. The van der Waals surface area contributed by atoms with E-state index in [9.17, 15) is 19.7 Å². The maximum absolute atomic E-state index is 12.1. The number of likely N-dealkylation sites (N-methyl/N-ethyl adjacent to an activating group) is 1. The SMILES string of the molecule is CCN1CCN(c2ccc(NC(=O)COC(=O)CCCNc3ccccc3[N+](=O)[O-])cc2)CC1. The molecule has 0 saturated carbocycles. The zero-order valence-corrected chi connectivity index (χ0v) is 19.4. The molecule has 3 rings (SSSR count). The van der Waals surface area contributed by atoms with E-state index in [0.717, 1.165) is 38.4 Å². The quantitative estimate of drug-likeness (QED) is 0.223. The number of nitro benzene ring substituents is 1. The summed E-state index contributed by atoms with van der Waals surface area (Å²) in [6.07, 6.45) is 0.515. The summed E-state index contributed by atoms with van der Waals surface area (Å²) in [5, 5.41) is 16.7. The van der Waals surface area contributed by atoms with Gasteiger partial charge in [-0.2, -0.15) is 0 Å². The molecule has 1 heterocycles. The van der Waals surface area contributed by atoms with Crippen molar-refractivity contribution >= 4 is 34.6 Å². The molecule has 0 spiro atoms. The highest BCUT2D eigenvalue weighted by atomic mass is 16.6. The summed E-state index contributed by atoms with van der Waals surface area (Å²) in [6, 6.07) is 14.0. The fraction of sp³-hybridized carbons (Fsp3) is 0.417. The minimum Gasteiger partial charge on any atom is -0.456 e. The lowest BCUT2D eigenvalue weighted by atomic mass is 10.2. The molecule has 34 heavy (non-hydrogen) atoms. The number of anilines is 3. The second-order valence-electron chi connectivity index (χ2n) is 7.98. The Kier molecular flexibility index (Phi) is 9.21. The van der Waals surface area contributed by atoms with Crippen molar-refractivity contribution in [3.05, 3.63) is 58.6 Å². The number of carbonyl (C=O) groups excluding carboxylic acids is 2. The fourth-order valence-electron chi connectivity index (χ4n) is 3.73. The first-order valence-electron chi connectivity index (χ1n) is 11.5. The lowest BCUT2D eigenvalue weighted by Gasteiger charge is -2.35. The van der Waals surface area contributed by atoms with Crippen LogP contribution in [-0.4, -0.2) is 67.6 Å². The van der Waals surface area contributed by atoms with E-state index in [1.54, 1.807) is 18.2 Å². The second kappa shape index (κ2) is 12.5. The van der Waals surface area contributed by atoms with Crippen molar-refractivity contribution in [1.29, 1.82) is 0 Å². The van der Waals surface area contributed by atoms with Crippen LogP contribution >= 0.6 is 0 Å². The number of piperazine rings is 1. The van der Waals surface area contributed by atoms with E-state index in [0.29, 0.717) is 24.3 Å². The molecule has 0 aliphatic carbocycles. The molecule has 10 heteroatoms. The normalized spacial score (nSPS) is 13.9. The molecule has 1 fully saturated rings. The molecule has 1 amide bonds. The smallest absolute Gasteiger partial charge is 0.306 e. The van der Waals surface area contributed by atoms with E-state index >= 15 is 0 Å². The van der Waals surface area contributed by atoms with E-state index in [4.69, 9.17) is 4.74 Å². The number of carbonyl (C=O) groups is 2. The van der Waals surface area contributed by atoms with Gasteiger partial charge in [0.2, 0.25) is 0 Å². The Morgan fingerprint density at radius 2 is 1.76 bits per heavy atom. The summed E-state index contributed by atoms with van der Waals surface area (Å²) in [4.78, 5) is 39.3. The Morgan fingerprint density at radius 1 is 1.06 bits per heavy atom. The highest BCUT2D eigenvalue weighted by molar-refractivity contribution is 5.92. The number of benzene rings is 2. The Hall–Kier alpha value is -3.66. The molecule has 0 unspecified atom stereocenters. The van der Waals surface area contributed by atoms with Crippen LogP contribution in [0.5, 0.6) is 0 Å². The van der Waals surface area contributed by atoms with Crippen LogP contribution in [0.3, 0.4) is 0 Å². The van der Waals surface area contributed by atoms with Crippen molar-refractivity contribution in [3.8, 4) is 0 Å². The van der Waals surface area contributed by atoms with Gasteiger partial charge in [0.25, 0.3) is 11.6 Å². The lowest BCUT2D eigenvalue weighted by Crippen LogP contribution is -2.46. The molecule has 2 aromatic rings. The lowest BCUT2D eigenvalue weighted by molar-refractivity contribution is -0.384. The number of hydrogen-bond acceptors (Lipinski definition) is 8. The molecule has 2 aromatic carbocycles. The highest BCUT2D eigenvalue weighted by Crippen LogP contribution is 2.23. The zero-order valence-electron chi connectivity index (χ0n) is 19.4. The number of nitro groups is 1. The molecule has 1 aliphatic heterocycles. The monoisotopic (exact) mass is 469 g/mol. The number of nitrogens with one attached hydrogen (secondary N) is 2. The van der Waals surface area contributed by atoms with Crippen molar-refractivity contribution in [2.45, 2.75) is 19.8 Å². The number of esters is 1. The summed E-state index contributed by atoms with van der Waals surface area (Å²) in [5.41, 5.74) is 2.14. The van der Waals surface area contributed by atoms with Crippen LogP contribution in [0.25, 0.3) is 0 Å². The Balaban J connectivity index is 1.33. The third-order valence-corrected chi connectivity index (χ3v) is 5.67. The minimum absolute atomic E-state index is 0.0196. The highest BCUT2D eigenvalue weighted by Gasteiger charge is 2.16. The largest absolute Gasteiger partial charge is 0.456 e. The third-order valence-electron chi connectivity index (χ3n) is 5.67.